The zero-order valence-corrected chi connectivity index (χ0v) is 9.49. The van der Waals surface area contributed by atoms with Crippen molar-refractivity contribution in [1.82, 2.24) is 0 Å². The lowest BCUT2D eigenvalue weighted by Crippen LogP contribution is -2.41. The molecule has 18 heavy (non-hydrogen) atoms. The Hall–Kier alpha value is -1.76. The fraction of sp³-hybridized carbons (Fsp3) is 0.364. The fourth-order valence-corrected chi connectivity index (χ4v) is 1.32. The van der Waals surface area contributed by atoms with E-state index in [1.54, 1.807) is 0 Å². The first-order chi connectivity index (χ1) is 8.30. The molecule has 1 aromatic rings. The lowest BCUT2D eigenvalue weighted by atomic mass is 10.0. The summed E-state index contributed by atoms with van der Waals surface area (Å²) in [6.07, 6.45) is 0. The molecule has 0 aliphatic heterocycles. The van der Waals surface area contributed by atoms with Crippen LogP contribution in [0.1, 0.15) is 18.5 Å². The van der Waals surface area contributed by atoms with Crippen LogP contribution < -0.4 is 5.73 Å². The van der Waals surface area contributed by atoms with Gasteiger partial charge in [-0.1, -0.05) is 0 Å². The van der Waals surface area contributed by atoms with Crippen LogP contribution in [-0.4, -0.2) is 23.6 Å². The van der Waals surface area contributed by atoms with Crippen LogP contribution in [0.5, 0.6) is 5.75 Å². The van der Waals surface area contributed by atoms with Crippen molar-refractivity contribution in [3.05, 3.63) is 29.6 Å². The Morgan fingerprint density at radius 1 is 1.56 bits per heavy atom. The lowest BCUT2D eigenvalue weighted by molar-refractivity contribution is -0.174. The maximum absolute atomic E-state index is 13.6. The average Bonchev–Trinajstić information content (AvgIpc) is 2.31. The smallest absolute Gasteiger partial charge is 0.379 e. The summed E-state index contributed by atoms with van der Waals surface area (Å²) < 4.78 is 44.2. The Bertz CT molecular complexity index is 451. The predicted molar refractivity (Wildman–Crippen MR) is 56.6 cm³/mol. The van der Waals surface area contributed by atoms with Gasteiger partial charge in [-0.3, -0.25) is 0 Å². The Labute approximate surface area is 101 Å². The van der Waals surface area contributed by atoms with Gasteiger partial charge in [0, 0.05) is 5.56 Å². The lowest BCUT2D eigenvalue weighted by Gasteiger charge is -2.22. The number of benzene rings is 1. The molecule has 0 spiro atoms. The third-order valence-electron chi connectivity index (χ3n) is 2.26. The number of ether oxygens (including phenoxy) is 1. The van der Waals surface area contributed by atoms with Gasteiger partial charge in [-0.25, -0.2) is 9.18 Å². The van der Waals surface area contributed by atoms with Crippen molar-refractivity contribution in [3.63, 3.8) is 0 Å². The number of phenols is 1. The summed E-state index contributed by atoms with van der Waals surface area (Å²) in [5.74, 6) is -7.34. The molecule has 0 bridgehead atoms. The van der Waals surface area contributed by atoms with Crippen LogP contribution in [0, 0.1) is 5.82 Å². The van der Waals surface area contributed by atoms with E-state index in [9.17, 15) is 23.1 Å². The molecule has 1 rings (SSSR count). The minimum Gasteiger partial charge on any atom is -0.508 e. The van der Waals surface area contributed by atoms with Crippen LogP contribution in [0.3, 0.4) is 0 Å². The third-order valence-corrected chi connectivity index (χ3v) is 2.26. The highest BCUT2D eigenvalue weighted by Gasteiger charge is 2.48. The van der Waals surface area contributed by atoms with Crippen LogP contribution in [0.25, 0.3) is 0 Å². The molecule has 0 aliphatic carbocycles. The van der Waals surface area contributed by atoms with Gasteiger partial charge in [0.25, 0.3) is 0 Å². The summed E-state index contributed by atoms with van der Waals surface area (Å²) in [7, 11) is 0. The van der Waals surface area contributed by atoms with E-state index in [2.05, 4.69) is 4.74 Å². The molecule has 4 nitrogen and oxygen atoms in total. The number of alkyl halides is 2. The minimum absolute atomic E-state index is 0.240. The number of rotatable bonds is 4. The van der Waals surface area contributed by atoms with Crippen LogP contribution in [0.2, 0.25) is 0 Å². The topological polar surface area (TPSA) is 72.5 Å². The van der Waals surface area contributed by atoms with Crippen molar-refractivity contribution < 1.29 is 27.8 Å². The largest absolute Gasteiger partial charge is 0.508 e. The first-order valence-corrected chi connectivity index (χ1v) is 5.09. The first kappa shape index (κ1) is 14.3. The second-order valence-electron chi connectivity index (χ2n) is 3.52. The van der Waals surface area contributed by atoms with Crippen LogP contribution in [0.4, 0.5) is 13.2 Å². The number of halogens is 3. The van der Waals surface area contributed by atoms with Gasteiger partial charge >= 0.3 is 11.9 Å². The van der Waals surface area contributed by atoms with Gasteiger partial charge in [0.15, 0.2) is 0 Å². The van der Waals surface area contributed by atoms with Gasteiger partial charge in [0.05, 0.1) is 6.61 Å². The summed E-state index contributed by atoms with van der Waals surface area (Å²) in [4.78, 5) is 11.0. The summed E-state index contributed by atoms with van der Waals surface area (Å²) >= 11 is 0. The summed E-state index contributed by atoms with van der Waals surface area (Å²) in [5.41, 5.74) is 4.63. The molecule has 3 N–H and O–H groups in total. The van der Waals surface area contributed by atoms with Crippen molar-refractivity contribution in [2.75, 3.05) is 6.61 Å². The van der Waals surface area contributed by atoms with E-state index in [1.165, 1.54) is 6.92 Å². The molecule has 0 aliphatic rings. The second kappa shape index (κ2) is 5.26. The molecule has 0 saturated carbocycles. The van der Waals surface area contributed by atoms with Crippen LogP contribution >= 0.6 is 0 Å². The normalized spacial score (nSPS) is 13.2. The highest BCUT2D eigenvalue weighted by Crippen LogP contribution is 2.35. The molecule has 0 unspecified atom stereocenters. The van der Waals surface area contributed by atoms with Gasteiger partial charge in [-0.05, 0) is 25.1 Å². The van der Waals surface area contributed by atoms with Crippen molar-refractivity contribution in [1.29, 1.82) is 0 Å². The Kier molecular flexibility index (Phi) is 4.18. The van der Waals surface area contributed by atoms with Gasteiger partial charge < -0.3 is 15.6 Å². The van der Waals surface area contributed by atoms with Crippen LogP contribution in [0.15, 0.2) is 18.2 Å². The molecule has 7 heteroatoms. The second-order valence-corrected chi connectivity index (χ2v) is 3.52. The van der Waals surface area contributed by atoms with E-state index < -0.39 is 35.1 Å². The Balaban J connectivity index is 3.08. The fourth-order valence-electron chi connectivity index (χ4n) is 1.32. The Morgan fingerprint density at radius 3 is 2.72 bits per heavy atom. The molecule has 0 amide bonds. The molecule has 1 aromatic carbocycles. The summed E-state index contributed by atoms with van der Waals surface area (Å²) in [6.45, 7) is 1.12. The molecule has 0 saturated heterocycles. The zero-order valence-electron chi connectivity index (χ0n) is 9.49. The zero-order chi connectivity index (χ0) is 13.9. The Morgan fingerprint density at radius 2 is 2.17 bits per heavy atom. The number of esters is 1. The van der Waals surface area contributed by atoms with E-state index in [0.29, 0.717) is 6.07 Å². The molecule has 0 fully saturated rings. The maximum Gasteiger partial charge on any atom is 0.379 e. The number of nitrogens with two attached hydrogens (primary N) is 1. The number of hydrogen-bond donors (Lipinski definition) is 2. The number of carbonyl (C=O) groups is 1. The molecule has 0 aromatic heterocycles. The van der Waals surface area contributed by atoms with Crippen LogP contribution in [-0.2, 0) is 9.53 Å². The SMILES string of the molecule is CCOC(=O)C(F)(F)[C@@H](N)c1cc(F)ccc1O. The molecular formula is C11H12F3NO3. The summed E-state index contributed by atoms with van der Waals surface area (Å²) in [5, 5.41) is 9.35. The number of carbonyl (C=O) groups excluding carboxylic acids is 1. The number of hydrogen-bond acceptors (Lipinski definition) is 4. The van der Waals surface area contributed by atoms with Gasteiger partial charge in [0.2, 0.25) is 0 Å². The van der Waals surface area contributed by atoms with E-state index in [4.69, 9.17) is 5.73 Å². The summed E-state index contributed by atoms with van der Waals surface area (Å²) in [6, 6.07) is 0.222. The average molecular weight is 263 g/mol. The van der Waals surface area contributed by atoms with Crippen molar-refractivity contribution in [2.45, 2.75) is 18.9 Å². The van der Waals surface area contributed by atoms with E-state index in [-0.39, 0.29) is 6.61 Å². The monoisotopic (exact) mass is 263 g/mol. The van der Waals surface area contributed by atoms with Crippen molar-refractivity contribution in [3.8, 4) is 5.75 Å². The first-order valence-electron chi connectivity index (χ1n) is 5.09. The van der Waals surface area contributed by atoms with E-state index >= 15 is 0 Å². The van der Waals surface area contributed by atoms with E-state index in [0.717, 1.165) is 12.1 Å². The molecule has 1 atom stereocenters. The standard InChI is InChI=1S/C11H12F3NO3/c1-2-18-10(17)11(13,14)9(15)7-5-6(12)3-4-8(7)16/h3-5,9,16H,2,15H2,1H3/t9-/m0/s1. The van der Waals surface area contributed by atoms with Gasteiger partial charge in [-0.2, -0.15) is 8.78 Å². The maximum atomic E-state index is 13.6. The van der Waals surface area contributed by atoms with Crippen molar-refractivity contribution in [2.24, 2.45) is 5.73 Å². The highest BCUT2D eigenvalue weighted by atomic mass is 19.3. The van der Waals surface area contributed by atoms with Crippen molar-refractivity contribution >= 4 is 5.97 Å². The molecule has 100 valence electrons. The quantitative estimate of drug-likeness (QED) is 0.811. The predicted octanol–water partition coefficient (Wildman–Crippen LogP) is 1.73. The highest BCUT2D eigenvalue weighted by molar-refractivity contribution is 5.79. The molecular weight excluding hydrogens is 251 g/mol. The van der Waals surface area contributed by atoms with Gasteiger partial charge in [-0.15, -0.1) is 0 Å². The molecule has 0 radical (unpaired) electrons. The minimum atomic E-state index is -4.05. The number of aromatic hydroxyl groups is 1. The van der Waals surface area contributed by atoms with Gasteiger partial charge in [0.1, 0.15) is 17.6 Å². The van der Waals surface area contributed by atoms with E-state index in [1.807, 2.05) is 0 Å². The molecule has 0 heterocycles. The number of phenolic OH excluding ortho intramolecular Hbond substituents is 1. The third kappa shape index (κ3) is 2.73.